The highest BCUT2D eigenvalue weighted by Crippen LogP contribution is 2.38. The third-order valence-electron chi connectivity index (χ3n) is 4.91. The lowest BCUT2D eigenvalue weighted by Crippen LogP contribution is -2.46. The van der Waals surface area contributed by atoms with E-state index in [0.29, 0.717) is 17.2 Å². The predicted octanol–water partition coefficient (Wildman–Crippen LogP) is 5.54. The molecule has 1 aliphatic rings. The SMILES string of the molecule is CC1(Cc2ccnc(Oc3ccccc3)c2)NC(=O)N(c2ccc(SC(F)(F)F)cc2)C1=O. The number of benzene rings is 2. The number of aromatic nitrogens is 1. The van der Waals surface area contributed by atoms with Crippen LogP contribution in [0.2, 0.25) is 0 Å². The van der Waals surface area contributed by atoms with Gasteiger partial charge in [-0.05, 0) is 66.7 Å². The van der Waals surface area contributed by atoms with Crippen LogP contribution in [0.15, 0.2) is 77.8 Å². The lowest BCUT2D eigenvalue weighted by atomic mass is 9.93. The first-order valence-corrected chi connectivity index (χ1v) is 10.6. The molecule has 1 saturated heterocycles. The number of para-hydroxylation sites is 1. The molecular formula is C23H18F3N3O3S. The normalized spacial score (nSPS) is 18.4. The molecule has 2 aromatic carbocycles. The zero-order chi connectivity index (χ0) is 23.6. The van der Waals surface area contributed by atoms with Crippen molar-refractivity contribution in [1.29, 1.82) is 0 Å². The first-order valence-electron chi connectivity index (χ1n) is 9.83. The molecule has 170 valence electrons. The molecule has 3 amide bonds. The van der Waals surface area contributed by atoms with Crippen LogP contribution >= 0.6 is 11.8 Å². The molecule has 0 saturated carbocycles. The minimum absolute atomic E-state index is 0.0382. The van der Waals surface area contributed by atoms with Crippen molar-refractivity contribution >= 4 is 29.4 Å². The summed E-state index contributed by atoms with van der Waals surface area (Å²) in [5.41, 5.74) is -4.77. The quantitative estimate of drug-likeness (QED) is 0.376. The number of carbonyl (C=O) groups excluding carboxylic acids is 2. The standard InChI is InChI=1S/C23H18F3N3O3S/c1-22(14-15-11-12-27-19(13-15)32-17-5-3-2-4-6-17)20(30)29(21(31)28-22)16-7-9-18(10-8-16)33-23(24,25)26/h2-13H,14H2,1H3,(H,28,31). The van der Waals surface area contributed by atoms with Crippen LogP contribution in [0.1, 0.15) is 12.5 Å². The second-order valence-electron chi connectivity index (χ2n) is 7.54. The Morgan fingerprint density at radius 3 is 2.42 bits per heavy atom. The van der Waals surface area contributed by atoms with E-state index in [9.17, 15) is 22.8 Å². The number of hydrogen-bond acceptors (Lipinski definition) is 5. The Kier molecular flexibility index (Phi) is 6.03. The second kappa shape index (κ2) is 8.78. The van der Waals surface area contributed by atoms with E-state index in [0.717, 1.165) is 4.90 Å². The van der Waals surface area contributed by atoms with Gasteiger partial charge in [-0.15, -0.1) is 0 Å². The zero-order valence-electron chi connectivity index (χ0n) is 17.3. The first-order chi connectivity index (χ1) is 15.6. The number of amides is 3. The Labute approximate surface area is 191 Å². The van der Waals surface area contributed by atoms with E-state index in [1.165, 1.54) is 24.3 Å². The van der Waals surface area contributed by atoms with Crippen LogP contribution in [0, 0.1) is 0 Å². The minimum Gasteiger partial charge on any atom is -0.439 e. The number of ether oxygens (including phenoxy) is 1. The van der Waals surface area contributed by atoms with E-state index < -0.39 is 23.0 Å². The molecule has 1 aliphatic heterocycles. The van der Waals surface area contributed by atoms with Gasteiger partial charge in [0.15, 0.2) is 0 Å². The summed E-state index contributed by atoms with van der Waals surface area (Å²) in [6.45, 7) is 1.60. The highest BCUT2D eigenvalue weighted by atomic mass is 32.2. The lowest BCUT2D eigenvalue weighted by Gasteiger charge is -2.22. The summed E-state index contributed by atoms with van der Waals surface area (Å²) in [5.74, 6) is 0.441. The number of nitrogens with zero attached hydrogens (tertiary/aromatic N) is 2. The number of thioether (sulfide) groups is 1. The van der Waals surface area contributed by atoms with Gasteiger partial charge in [-0.1, -0.05) is 18.2 Å². The number of hydrogen-bond donors (Lipinski definition) is 1. The van der Waals surface area contributed by atoms with Crippen molar-refractivity contribution in [2.24, 2.45) is 0 Å². The van der Waals surface area contributed by atoms with Gasteiger partial charge in [-0.3, -0.25) is 4.79 Å². The highest BCUT2D eigenvalue weighted by Gasteiger charge is 2.48. The van der Waals surface area contributed by atoms with Crippen LogP contribution in [0.4, 0.5) is 23.7 Å². The molecule has 1 atom stereocenters. The molecule has 4 rings (SSSR count). The van der Waals surface area contributed by atoms with Gasteiger partial charge < -0.3 is 10.1 Å². The van der Waals surface area contributed by atoms with Crippen molar-refractivity contribution in [2.45, 2.75) is 29.3 Å². The molecular weight excluding hydrogens is 455 g/mol. The number of carbonyl (C=O) groups is 2. The predicted molar refractivity (Wildman–Crippen MR) is 117 cm³/mol. The van der Waals surface area contributed by atoms with Crippen molar-refractivity contribution in [2.75, 3.05) is 4.90 Å². The second-order valence-corrected chi connectivity index (χ2v) is 8.68. The fraction of sp³-hybridized carbons (Fsp3) is 0.174. The van der Waals surface area contributed by atoms with Gasteiger partial charge in [-0.2, -0.15) is 13.2 Å². The Morgan fingerprint density at radius 2 is 1.76 bits per heavy atom. The van der Waals surface area contributed by atoms with E-state index in [4.69, 9.17) is 4.74 Å². The minimum atomic E-state index is -4.42. The first kappa shape index (κ1) is 22.7. The number of urea groups is 1. The van der Waals surface area contributed by atoms with Crippen LogP contribution in [-0.2, 0) is 11.2 Å². The summed E-state index contributed by atoms with van der Waals surface area (Å²) >= 11 is -0.265. The van der Waals surface area contributed by atoms with E-state index in [2.05, 4.69) is 10.3 Å². The third-order valence-corrected chi connectivity index (χ3v) is 5.65. The largest absolute Gasteiger partial charge is 0.446 e. The maximum Gasteiger partial charge on any atom is 0.446 e. The van der Waals surface area contributed by atoms with Crippen molar-refractivity contribution < 1.29 is 27.5 Å². The zero-order valence-corrected chi connectivity index (χ0v) is 18.1. The summed E-state index contributed by atoms with van der Waals surface area (Å²) in [6.07, 6.45) is 1.72. The number of pyridine rings is 1. The lowest BCUT2D eigenvalue weighted by molar-refractivity contribution is -0.121. The van der Waals surface area contributed by atoms with E-state index in [1.54, 1.807) is 37.4 Å². The molecule has 0 radical (unpaired) electrons. The Bertz CT molecular complexity index is 1170. The van der Waals surface area contributed by atoms with E-state index in [-0.39, 0.29) is 28.8 Å². The number of halogens is 3. The van der Waals surface area contributed by atoms with Gasteiger partial charge in [0, 0.05) is 23.6 Å². The van der Waals surface area contributed by atoms with Gasteiger partial charge in [0.25, 0.3) is 5.91 Å². The fourth-order valence-corrected chi connectivity index (χ4v) is 4.01. The fourth-order valence-electron chi connectivity index (χ4n) is 3.47. The average Bonchev–Trinajstić information content (AvgIpc) is 2.96. The van der Waals surface area contributed by atoms with Gasteiger partial charge in [0.2, 0.25) is 5.88 Å². The summed E-state index contributed by atoms with van der Waals surface area (Å²) in [5, 5.41) is 2.69. The maximum atomic E-state index is 13.1. The van der Waals surface area contributed by atoms with E-state index in [1.807, 2.05) is 18.2 Å². The van der Waals surface area contributed by atoms with Crippen LogP contribution in [0.3, 0.4) is 0 Å². The van der Waals surface area contributed by atoms with Crippen molar-refractivity contribution in [3.8, 4) is 11.6 Å². The number of rotatable bonds is 6. The molecule has 3 aromatic rings. The summed E-state index contributed by atoms with van der Waals surface area (Å²) in [7, 11) is 0. The van der Waals surface area contributed by atoms with Gasteiger partial charge in [0.05, 0.1) is 5.69 Å². The Morgan fingerprint density at radius 1 is 1.06 bits per heavy atom. The summed E-state index contributed by atoms with van der Waals surface area (Å²) in [6, 6.07) is 16.9. The number of imide groups is 1. The van der Waals surface area contributed by atoms with Crippen LogP contribution < -0.4 is 15.0 Å². The molecule has 2 heterocycles. The number of alkyl halides is 3. The van der Waals surface area contributed by atoms with Crippen LogP contribution in [0.25, 0.3) is 0 Å². The maximum absolute atomic E-state index is 13.1. The van der Waals surface area contributed by atoms with Gasteiger partial charge in [-0.25, -0.2) is 14.7 Å². The molecule has 10 heteroatoms. The van der Waals surface area contributed by atoms with Crippen molar-refractivity contribution in [3.63, 3.8) is 0 Å². The molecule has 1 fully saturated rings. The topological polar surface area (TPSA) is 71.5 Å². The van der Waals surface area contributed by atoms with Crippen molar-refractivity contribution in [1.82, 2.24) is 10.3 Å². The Balaban J connectivity index is 1.50. The monoisotopic (exact) mass is 473 g/mol. The van der Waals surface area contributed by atoms with Crippen molar-refractivity contribution in [3.05, 3.63) is 78.5 Å². The summed E-state index contributed by atoms with van der Waals surface area (Å²) < 4.78 is 43.4. The Hall–Kier alpha value is -3.53. The number of anilines is 1. The highest BCUT2D eigenvalue weighted by molar-refractivity contribution is 8.00. The van der Waals surface area contributed by atoms with E-state index >= 15 is 0 Å². The third kappa shape index (κ3) is 5.28. The molecule has 0 aliphatic carbocycles. The molecule has 1 unspecified atom stereocenters. The van der Waals surface area contributed by atoms with Gasteiger partial charge in [0.1, 0.15) is 11.3 Å². The molecule has 0 spiro atoms. The summed E-state index contributed by atoms with van der Waals surface area (Å²) in [4.78, 5) is 30.8. The molecule has 0 bridgehead atoms. The van der Waals surface area contributed by atoms with Gasteiger partial charge >= 0.3 is 11.5 Å². The smallest absolute Gasteiger partial charge is 0.439 e. The molecule has 6 nitrogen and oxygen atoms in total. The van der Waals surface area contributed by atoms with Crippen LogP contribution in [0.5, 0.6) is 11.6 Å². The molecule has 33 heavy (non-hydrogen) atoms. The molecule has 1 N–H and O–H groups in total. The average molecular weight is 473 g/mol. The number of nitrogens with one attached hydrogen (secondary N) is 1. The van der Waals surface area contributed by atoms with Crippen LogP contribution in [-0.4, -0.2) is 28.0 Å². The molecule has 1 aromatic heterocycles.